The van der Waals surface area contributed by atoms with Gasteiger partial charge in [0.1, 0.15) is 5.76 Å². The lowest BCUT2D eigenvalue weighted by molar-refractivity contribution is 0.370. The van der Waals surface area contributed by atoms with E-state index in [-0.39, 0.29) is 12.4 Å². The van der Waals surface area contributed by atoms with Gasteiger partial charge in [0.2, 0.25) is 0 Å². The molecule has 1 aromatic carbocycles. The van der Waals surface area contributed by atoms with Crippen LogP contribution in [0.1, 0.15) is 31.1 Å². The molecule has 1 unspecified atom stereocenters. The first-order valence-corrected chi connectivity index (χ1v) is 5.66. The minimum atomic E-state index is -0.500. The van der Waals surface area contributed by atoms with E-state index in [0.717, 1.165) is 24.2 Å². The lowest BCUT2D eigenvalue weighted by atomic mass is 9.84. The third-order valence-electron chi connectivity index (χ3n) is 2.89. The lowest BCUT2D eigenvalue weighted by Crippen LogP contribution is -2.37. The molecule has 0 aliphatic carbocycles. The van der Waals surface area contributed by atoms with Crippen LogP contribution in [-0.4, -0.2) is 0 Å². The van der Waals surface area contributed by atoms with E-state index in [0.29, 0.717) is 0 Å². The van der Waals surface area contributed by atoms with Gasteiger partial charge in [-0.2, -0.15) is 0 Å². The van der Waals surface area contributed by atoms with Gasteiger partial charge in [-0.15, -0.1) is 12.4 Å². The average molecular weight is 252 g/mol. The van der Waals surface area contributed by atoms with Crippen molar-refractivity contribution in [3.05, 3.63) is 60.1 Å². The highest BCUT2D eigenvalue weighted by molar-refractivity contribution is 5.85. The SMILES string of the molecule is CCCC(N)(c1ccccc1)c1ccco1.Cl. The number of hydrogen-bond donors (Lipinski definition) is 1. The molecule has 0 amide bonds. The highest BCUT2D eigenvalue weighted by Gasteiger charge is 2.31. The van der Waals surface area contributed by atoms with Crippen molar-refractivity contribution in [1.82, 2.24) is 0 Å². The molecule has 3 heteroatoms. The van der Waals surface area contributed by atoms with E-state index in [1.54, 1.807) is 6.26 Å². The Morgan fingerprint density at radius 1 is 1.12 bits per heavy atom. The summed E-state index contributed by atoms with van der Waals surface area (Å²) in [7, 11) is 0. The van der Waals surface area contributed by atoms with Crippen LogP contribution >= 0.6 is 12.4 Å². The summed E-state index contributed by atoms with van der Waals surface area (Å²) in [6.45, 7) is 2.13. The first kappa shape index (κ1) is 13.8. The zero-order valence-electron chi connectivity index (χ0n) is 9.93. The van der Waals surface area contributed by atoms with E-state index in [4.69, 9.17) is 10.2 Å². The van der Waals surface area contributed by atoms with Gasteiger partial charge in [0.25, 0.3) is 0 Å². The predicted octanol–water partition coefficient (Wildman–Crippen LogP) is 3.70. The van der Waals surface area contributed by atoms with Gasteiger partial charge in [0.05, 0.1) is 11.8 Å². The van der Waals surface area contributed by atoms with Crippen LogP contribution in [-0.2, 0) is 5.54 Å². The molecule has 1 aromatic heterocycles. The smallest absolute Gasteiger partial charge is 0.128 e. The van der Waals surface area contributed by atoms with Gasteiger partial charge in [-0.25, -0.2) is 0 Å². The van der Waals surface area contributed by atoms with Crippen LogP contribution in [0.3, 0.4) is 0 Å². The molecule has 0 saturated carbocycles. The second-order valence-electron chi connectivity index (χ2n) is 4.06. The highest BCUT2D eigenvalue weighted by Crippen LogP contribution is 2.31. The average Bonchev–Trinajstić information content (AvgIpc) is 2.84. The number of nitrogens with two attached hydrogens (primary N) is 1. The molecule has 0 aliphatic heterocycles. The summed E-state index contributed by atoms with van der Waals surface area (Å²) in [6.07, 6.45) is 3.58. The molecule has 0 bridgehead atoms. The molecule has 92 valence electrons. The topological polar surface area (TPSA) is 39.2 Å². The van der Waals surface area contributed by atoms with Gasteiger partial charge in [-0.1, -0.05) is 43.7 Å². The Balaban J connectivity index is 0.00000144. The molecule has 17 heavy (non-hydrogen) atoms. The number of furan rings is 1. The molecular formula is C14H18ClNO. The Kier molecular flexibility index (Phi) is 4.79. The summed E-state index contributed by atoms with van der Waals surface area (Å²) >= 11 is 0. The van der Waals surface area contributed by atoms with Crippen LogP contribution < -0.4 is 5.73 Å². The molecule has 2 rings (SSSR count). The summed E-state index contributed by atoms with van der Waals surface area (Å²) in [4.78, 5) is 0. The number of rotatable bonds is 4. The summed E-state index contributed by atoms with van der Waals surface area (Å²) in [5.74, 6) is 0.834. The van der Waals surface area contributed by atoms with Crippen molar-refractivity contribution in [1.29, 1.82) is 0 Å². The minimum Gasteiger partial charge on any atom is -0.467 e. The Bertz CT molecular complexity index is 427. The van der Waals surface area contributed by atoms with E-state index in [2.05, 4.69) is 19.1 Å². The minimum absolute atomic E-state index is 0. The van der Waals surface area contributed by atoms with Crippen molar-refractivity contribution in [2.24, 2.45) is 5.73 Å². The van der Waals surface area contributed by atoms with Crippen molar-refractivity contribution in [3.8, 4) is 0 Å². The third-order valence-corrected chi connectivity index (χ3v) is 2.89. The van der Waals surface area contributed by atoms with Crippen LogP contribution in [0.4, 0.5) is 0 Å². The Hall–Kier alpha value is -1.25. The van der Waals surface area contributed by atoms with Gasteiger partial charge < -0.3 is 10.2 Å². The number of halogens is 1. The van der Waals surface area contributed by atoms with Crippen molar-refractivity contribution >= 4 is 12.4 Å². The Morgan fingerprint density at radius 3 is 2.35 bits per heavy atom. The molecule has 0 spiro atoms. The molecule has 0 radical (unpaired) electrons. The second-order valence-corrected chi connectivity index (χ2v) is 4.06. The Labute approximate surface area is 108 Å². The van der Waals surface area contributed by atoms with Gasteiger partial charge in [-0.05, 0) is 24.1 Å². The lowest BCUT2D eigenvalue weighted by Gasteiger charge is -2.27. The maximum atomic E-state index is 6.50. The molecule has 0 saturated heterocycles. The summed E-state index contributed by atoms with van der Waals surface area (Å²) in [5, 5.41) is 0. The van der Waals surface area contributed by atoms with Gasteiger partial charge in [0, 0.05) is 0 Å². The van der Waals surface area contributed by atoms with Crippen LogP contribution in [0.15, 0.2) is 53.1 Å². The van der Waals surface area contributed by atoms with E-state index in [9.17, 15) is 0 Å². The first-order valence-electron chi connectivity index (χ1n) is 5.66. The third kappa shape index (κ3) is 2.71. The maximum absolute atomic E-state index is 6.50. The normalized spacial score (nSPS) is 13.8. The summed E-state index contributed by atoms with van der Waals surface area (Å²) in [5.41, 5.74) is 7.10. The summed E-state index contributed by atoms with van der Waals surface area (Å²) in [6, 6.07) is 14.0. The fourth-order valence-corrected chi connectivity index (χ4v) is 2.07. The molecule has 1 atom stereocenters. The van der Waals surface area contributed by atoms with Crippen LogP contribution in [0.5, 0.6) is 0 Å². The zero-order chi connectivity index (χ0) is 11.4. The van der Waals surface area contributed by atoms with Crippen molar-refractivity contribution in [2.75, 3.05) is 0 Å². The van der Waals surface area contributed by atoms with Crippen LogP contribution in [0.25, 0.3) is 0 Å². The van der Waals surface area contributed by atoms with Crippen molar-refractivity contribution < 1.29 is 4.42 Å². The monoisotopic (exact) mass is 251 g/mol. The zero-order valence-corrected chi connectivity index (χ0v) is 10.7. The fraction of sp³-hybridized carbons (Fsp3) is 0.286. The van der Waals surface area contributed by atoms with Gasteiger partial charge in [0.15, 0.2) is 0 Å². The van der Waals surface area contributed by atoms with E-state index in [1.807, 2.05) is 30.3 Å². The standard InChI is InChI=1S/C14H17NO.ClH/c1-2-10-14(15,13-9-6-11-16-13)12-7-4-3-5-8-12;/h3-9,11H,2,10,15H2,1H3;1H. The quantitative estimate of drug-likeness (QED) is 0.900. The number of hydrogen-bond acceptors (Lipinski definition) is 2. The Morgan fingerprint density at radius 2 is 1.82 bits per heavy atom. The second kappa shape index (κ2) is 5.89. The van der Waals surface area contributed by atoms with Crippen LogP contribution in [0, 0.1) is 0 Å². The largest absolute Gasteiger partial charge is 0.467 e. The molecule has 1 heterocycles. The first-order chi connectivity index (χ1) is 7.77. The molecule has 2 aromatic rings. The van der Waals surface area contributed by atoms with Gasteiger partial charge >= 0.3 is 0 Å². The molecule has 2 N–H and O–H groups in total. The molecule has 2 nitrogen and oxygen atoms in total. The molecule has 0 fully saturated rings. The van der Waals surface area contributed by atoms with E-state index >= 15 is 0 Å². The van der Waals surface area contributed by atoms with E-state index < -0.39 is 5.54 Å². The maximum Gasteiger partial charge on any atom is 0.128 e. The number of benzene rings is 1. The van der Waals surface area contributed by atoms with Crippen molar-refractivity contribution in [2.45, 2.75) is 25.3 Å². The predicted molar refractivity (Wildman–Crippen MR) is 72.3 cm³/mol. The molecular weight excluding hydrogens is 234 g/mol. The van der Waals surface area contributed by atoms with E-state index in [1.165, 1.54) is 0 Å². The highest BCUT2D eigenvalue weighted by atomic mass is 35.5. The molecule has 0 aliphatic rings. The summed E-state index contributed by atoms with van der Waals surface area (Å²) < 4.78 is 5.48. The van der Waals surface area contributed by atoms with Crippen LogP contribution in [0.2, 0.25) is 0 Å². The van der Waals surface area contributed by atoms with Gasteiger partial charge in [-0.3, -0.25) is 0 Å². The fourth-order valence-electron chi connectivity index (χ4n) is 2.07. The van der Waals surface area contributed by atoms with Crippen molar-refractivity contribution in [3.63, 3.8) is 0 Å².